The Balaban J connectivity index is 0.00000128. The quantitative estimate of drug-likeness (QED) is 0.808. The third-order valence-electron chi connectivity index (χ3n) is 3.69. The first-order chi connectivity index (χ1) is 7.20. The fraction of sp³-hybridized carbons (Fsp3) is 1.00. The summed E-state index contributed by atoms with van der Waals surface area (Å²) in [6.07, 6.45) is 5.26. The molecule has 2 heterocycles. The summed E-state index contributed by atoms with van der Waals surface area (Å²) in [4.78, 5) is 2.53. The highest BCUT2D eigenvalue weighted by molar-refractivity contribution is 5.85. The standard InChI is InChI=1S/C12H24N2O.ClH/c1-11(13)8-14-6-2-4-12(9-14)5-3-7-15-10-12;/h11H,2-10,13H2,1H3;1H. The molecule has 2 aliphatic rings. The van der Waals surface area contributed by atoms with Crippen LogP contribution in [0.1, 0.15) is 32.6 Å². The molecule has 0 aliphatic carbocycles. The highest BCUT2D eigenvalue weighted by Gasteiger charge is 2.37. The molecule has 0 aromatic carbocycles. The molecular weight excluding hydrogens is 224 g/mol. The highest BCUT2D eigenvalue weighted by atomic mass is 35.5. The van der Waals surface area contributed by atoms with Gasteiger partial charge in [0.25, 0.3) is 0 Å². The third kappa shape index (κ3) is 3.59. The molecule has 2 rings (SSSR count). The maximum atomic E-state index is 5.87. The van der Waals surface area contributed by atoms with Gasteiger partial charge in [-0.25, -0.2) is 0 Å². The van der Waals surface area contributed by atoms with Crippen molar-refractivity contribution in [2.24, 2.45) is 11.1 Å². The van der Waals surface area contributed by atoms with Gasteiger partial charge in [0.1, 0.15) is 0 Å². The fourth-order valence-corrected chi connectivity index (χ4v) is 3.11. The number of nitrogens with zero attached hydrogens (tertiary/aromatic N) is 1. The predicted molar refractivity (Wildman–Crippen MR) is 69.1 cm³/mol. The van der Waals surface area contributed by atoms with E-state index >= 15 is 0 Å². The van der Waals surface area contributed by atoms with Gasteiger partial charge in [-0.2, -0.15) is 0 Å². The second kappa shape index (κ2) is 6.20. The van der Waals surface area contributed by atoms with Crippen molar-refractivity contribution in [3.8, 4) is 0 Å². The van der Waals surface area contributed by atoms with Crippen LogP contribution >= 0.6 is 12.4 Å². The van der Waals surface area contributed by atoms with Crippen molar-refractivity contribution in [1.82, 2.24) is 4.90 Å². The first kappa shape index (κ1) is 14.2. The van der Waals surface area contributed by atoms with Crippen LogP contribution in [-0.4, -0.2) is 43.8 Å². The Morgan fingerprint density at radius 3 is 2.75 bits per heavy atom. The van der Waals surface area contributed by atoms with Crippen molar-refractivity contribution in [3.63, 3.8) is 0 Å². The van der Waals surface area contributed by atoms with Gasteiger partial charge in [0.2, 0.25) is 0 Å². The van der Waals surface area contributed by atoms with Crippen molar-refractivity contribution < 1.29 is 4.74 Å². The van der Waals surface area contributed by atoms with Crippen LogP contribution in [0.3, 0.4) is 0 Å². The third-order valence-corrected chi connectivity index (χ3v) is 3.69. The van der Waals surface area contributed by atoms with Gasteiger partial charge in [-0.15, -0.1) is 12.4 Å². The Hall–Kier alpha value is 0.170. The van der Waals surface area contributed by atoms with Crippen LogP contribution in [0, 0.1) is 5.41 Å². The summed E-state index contributed by atoms with van der Waals surface area (Å²) in [5.41, 5.74) is 6.33. The first-order valence-corrected chi connectivity index (χ1v) is 6.26. The smallest absolute Gasteiger partial charge is 0.0534 e. The van der Waals surface area contributed by atoms with E-state index in [1.807, 2.05) is 0 Å². The molecule has 0 aromatic heterocycles. The molecule has 3 nitrogen and oxygen atoms in total. The zero-order valence-corrected chi connectivity index (χ0v) is 11.1. The van der Waals surface area contributed by atoms with Gasteiger partial charge in [-0.3, -0.25) is 0 Å². The van der Waals surface area contributed by atoms with Crippen LogP contribution in [0.25, 0.3) is 0 Å². The lowest BCUT2D eigenvalue weighted by atomic mass is 9.76. The largest absolute Gasteiger partial charge is 0.381 e. The molecular formula is C12H25ClN2O. The van der Waals surface area contributed by atoms with Crippen LogP contribution in [0.15, 0.2) is 0 Å². The monoisotopic (exact) mass is 248 g/mol. The number of likely N-dealkylation sites (tertiary alicyclic amines) is 1. The lowest BCUT2D eigenvalue weighted by molar-refractivity contribution is -0.0494. The summed E-state index contributed by atoms with van der Waals surface area (Å²) < 4.78 is 5.66. The molecule has 0 amide bonds. The van der Waals surface area contributed by atoms with E-state index in [1.54, 1.807) is 0 Å². The minimum Gasteiger partial charge on any atom is -0.381 e. The summed E-state index contributed by atoms with van der Waals surface area (Å²) >= 11 is 0. The average Bonchev–Trinajstić information content (AvgIpc) is 2.17. The number of piperidine rings is 1. The lowest BCUT2D eigenvalue weighted by Gasteiger charge is -2.45. The van der Waals surface area contributed by atoms with Crippen LogP contribution in [-0.2, 0) is 4.74 Å². The van der Waals surface area contributed by atoms with E-state index in [-0.39, 0.29) is 12.4 Å². The number of hydrogen-bond donors (Lipinski definition) is 1. The van der Waals surface area contributed by atoms with E-state index in [0.717, 1.165) is 19.8 Å². The molecule has 2 fully saturated rings. The van der Waals surface area contributed by atoms with Gasteiger partial charge in [0, 0.05) is 31.2 Å². The predicted octanol–water partition coefficient (Wildman–Crippen LogP) is 1.65. The summed E-state index contributed by atoms with van der Waals surface area (Å²) in [5.74, 6) is 0. The Morgan fingerprint density at radius 2 is 2.12 bits per heavy atom. The zero-order valence-electron chi connectivity index (χ0n) is 10.3. The number of hydrogen-bond acceptors (Lipinski definition) is 3. The molecule has 2 saturated heterocycles. The first-order valence-electron chi connectivity index (χ1n) is 6.26. The Kier molecular flexibility index (Phi) is 5.51. The van der Waals surface area contributed by atoms with Crippen molar-refractivity contribution >= 4 is 12.4 Å². The second-order valence-electron chi connectivity index (χ2n) is 5.47. The van der Waals surface area contributed by atoms with Gasteiger partial charge in [-0.1, -0.05) is 0 Å². The van der Waals surface area contributed by atoms with Gasteiger partial charge >= 0.3 is 0 Å². The minimum atomic E-state index is 0. The molecule has 0 saturated carbocycles. The summed E-state index contributed by atoms with van der Waals surface area (Å²) in [7, 11) is 0. The Bertz CT molecular complexity index is 200. The lowest BCUT2D eigenvalue weighted by Crippen LogP contribution is -2.50. The molecule has 2 aliphatic heterocycles. The van der Waals surface area contributed by atoms with Crippen LogP contribution in [0.5, 0.6) is 0 Å². The zero-order chi connectivity index (χ0) is 10.7. The molecule has 2 N–H and O–H groups in total. The maximum Gasteiger partial charge on any atom is 0.0534 e. The summed E-state index contributed by atoms with van der Waals surface area (Å²) in [5, 5.41) is 0. The SMILES string of the molecule is CC(N)CN1CCCC2(CCCOC2)C1.Cl. The molecule has 2 unspecified atom stereocenters. The van der Waals surface area contributed by atoms with Crippen LogP contribution < -0.4 is 5.73 Å². The Morgan fingerprint density at radius 1 is 1.38 bits per heavy atom. The normalized spacial score (nSPS) is 33.4. The van der Waals surface area contributed by atoms with Crippen LogP contribution in [0.2, 0.25) is 0 Å². The molecule has 2 atom stereocenters. The van der Waals surface area contributed by atoms with E-state index in [1.165, 1.54) is 38.8 Å². The van der Waals surface area contributed by atoms with E-state index < -0.39 is 0 Å². The van der Waals surface area contributed by atoms with Crippen LogP contribution in [0.4, 0.5) is 0 Å². The molecule has 4 heteroatoms. The number of rotatable bonds is 2. The second-order valence-corrected chi connectivity index (χ2v) is 5.47. The summed E-state index contributed by atoms with van der Waals surface area (Å²) in [6.45, 7) is 7.51. The van der Waals surface area contributed by atoms with E-state index in [2.05, 4.69) is 11.8 Å². The number of nitrogens with two attached hydrogens (primary N) is 1. The topological polar surface area (TPSA) is 38.5 Å². The van der Waals surface area contributed by atoms with Gasteiger partial charge in [-0.05, 0) is 39.2 Å². The number of halogens is 1. The van der Waals surface area contributed by atoms with Crippen molar-refractivity contribution in [1.29, 1.82) is 0 Å². The van der Waals surface area contributed by atoms with Crippen molar-refractivity contribution in [2.75, 3.05) is 32.8 Å². The van der Waals surface area contributed by atoms with Gasteiger partial charge in [0.15, 0.2) is 0 Å². The highest BCUT2D eigenvalue weighted by Crippen LogP contribution is 2.37. The number of ether oxygens (including phenoxy) is 1. The van der Waals surface area contributed by atoms with E-state index in [4.69, 9.17) is 10.5 Å². The molecule has 0 radical (unpaired) electrons. The fourth-order valence-electron chi connectivity index (χ4n) is 3.11. The maximum absolute atomic E-state index is 5.87. The average molecular weight is 249 g/mol. The van der Waals surface area contributed by atoms with Gasteiger partial charge in [0.05, 0.1) is 6.61 Å². The van der Waals surface area contributed by atoms with Gasteiger partial charge < -0.3 is 15.4 Å². The van der Waals surface area contributed by atoms with E-state index in [9.17, 15) is 0 Å². The van der Waals surface area contributed by atoms with E-state index in [0.29, 0.717) is 11.5 Å². The molecule has 0 aromatic rings. The Labute approximate surface area is 105 Å². The molecule has 0 bridgehead atoms. The summed E-state index contributed by atoms with van der Waals surface area (Å²) in [6, 6.07) is 0.296. The van der Waals surface area contributed by atoms with Crippen molar-refractivity contribution in [3.05, 3.63) is 0 Å². The molecule has 16 heavy (non-hydrogen) atoms. The minimum absolute atomic E-state index is 0. The molecule has 1 spiro atoms. The molecule has 96 valence electrons. The van der Waals surface area contributed by atoms with Crippen molar-refractivity contribution in [2.45, 2.75) is 38.6 Å².